The van der Waals surface area contributed by atoms with Crippen LogP contribution in [0, 0.1) is 11.7 Å². The number of nitrogens with zero attached hydrogens (tertiary/aromatic N) is 1. The fourth-order valence-corrected chi connectivity index (χ4v) is 3.28. The van der Waals surface area contributed by atoms with Crippen LogP contribution in [0.15, 0.2) is 18.2 Å². The zero-order valence-electron chi connectivity index (χ0n) is 13.7. The van der Waals surface area contributed by atoms with E-state index in [1.54, 1.807) is 12.1 Å². The molecule has 0 saturated heterocycles. The largest absolute Gasteiger partial charge is 0.368 e. The summed E-state index contributed by atoms with van der Waals surface area (Å²) in [6.07, 6.45) is 6.38. The van der Waals surface area contributed by atoms with Gasteiger partial charge in [-0.15, -0.1) is 0 Å². The van der Waals surface area contributed by atoms with Crippen LogP contribution in [0.2, 0.25) is 0 Å². The van der Waals surface area contributed by atoms with Gasteiger partial charge in [-0.2, -0.15) is 0 Å². The van der Waals surface area contributed by atoms with Gasteiger partial charge in [0.15, 0.2) is 0 Å². The highest BCUT2D eigenvalue weighted by Gasteiger charge is 2.24. The fraction of sp³-hybridized carbons (Fsp3) is 0.667. The van der Waals surface area contributed by atoms with Crippen LogP contribution in [0.25, 0.3) is 0 Å². The van der Waals surface area contributed by atoms with Gasteiger partial charge in [0.1, 0.15) is 5.82 Å². The summed E-state index contributed by atoms with van der Waals surface area (Å²) in [5.41, 5.74) is 2.30. The van der Waals surface area contributed by atoms with E-state index in [1.165, 1.54) is 37.8 Å². The van der Waals surface area contributed by atoms with E-state index < -0.39 is 0 Å². The van der Waals surface area contributed by atoms with Crippen molar-refractivity contribution in [1.82, 2.24) is 5.32 Å². The van der Waals surface area contributed by atoms with E-state index in [0.717, 1.165) is 18.7 Å². The second-order valence-electron chi connectivity index (χ2n) is 6.62. The molecule has 1 aromatic carbocycles. The fourth-order valence-electron chi connectivity index (χ4n) is 3.28. The Labute approximate surface area is 128 Å². The van der Waals surface area contributed by atoms with E-state index in [-0.39, 0.29) is 5.82 Å². The minimum Gasteiger partial charge on any atom is -0.368 e. The molecule has 0 heterocycles. The minimum absolute atomic E-state index is 0.140. The highest BCUT2D eigenvalue weighted by atomic mass is 19.1. The maximum atomic E-state index is 13.6. The van der Waals surface area contributed by atoms with Gasteiger partial charge < -0.3 is 10.2 Å². The summed E-state index contributed by atoms with van der Waals surface area (Å²) < 4.78 is 13.6. The van der Waals surface area contributed by atoms with E-state index in [9.17, 15) is 4.39 Å². The molecule has 21 heavy (non-hydrogen) atoms. The van der Waals surface area contributed by atoms with Crippen molar-refractivity contribution >= 4 is 5.69 Å². The van der Waals surface area contributed by atoms with Gasteiger partial charge in [-0.05, 0) is 56.0 Å². The summed E-state index contributed by atoms with van der Waals surface area (Å²) in [5, 5.41) is 3.17. The smallest absolute Gasteiger partial charge is 0.123 e. The summed E-state index contributed by atoms with van der Waals surface area (Å²) in [5.74, 6) is 0.557. The molecule has 1 N–H and O–H groups in total. The lowest BCUT2D eigenvalue weighted by molar-refractivity contribution is 0.526. The van der Waals surface area contributed by atoms with Crippen molar-refractivity contribution in [2.24, 2.45) is 5.92 Å². The average Bonchev–Trinajstić information content (AvgIpc) is 2.95. The van der Waals surface area contributed by atoms with Gasteiger partial charge in [0.05, 0.1) is 0 Å². The van der Waals surface area contributed by atoms with Gasteiger partial charge in [-0.1, -0.05) is 26.7 Å². The molecule has 0 bridgehead atoms. The lowest BCUT2D eigenvalue weighted by atomic mass is 10.0. The summed E-state index contributed by atoms with van der Waals surface area (Å²) in [6, 6.07) is 5.89. The van der Waals surface area contributed by atoms with Crippen molar-refractivity contribution in [3.05, 3.63) is 29.6 Å². The van der Waals surface area contributed by atoms with Gasteiger partial charge in [0.25, 0.3) is 0 Å². The lowest BCUT2D eigenvalue weighted by Crippen LogP contribution is -2.35. The summed E-state index contributed by atoms with van der Waals surface area (Å²) in [7, 11) is 1.92. The monoisotopic (exact) mass is 292 g/mol. The predicted molar refractivity (Wildman–Crippen MR) is 88.2 cm³/mol. The molecule has 2 rings (SSSR count). The minimum atomic E-state index is -0.140. The molecule has 1 saturated carbocycles. The third-order valence-corrected chi connectivity index (χ3v) is 4.43. The lowest BCUT2D eigenvalue weighted by Gasteiger charge is -2.33. The van der Waals surface area contributed by atoms with Crippen molar-refractivity contribution in [1.29, 1.82) is 0 Å². The van der Waals surface area contributed by atoms with E-state index in [0.29, 0.717) is 12.0 Å². The number of nitrogens with one attached hydrogen (secondary N) is 1. The molecule has 118 valence electrons. The molecule has 0 spiro atoms. The van der Waals surface area contributed by atoms with E-state index >= 15 is 0 Å². The molecular weight excluding hydrogens is 263 g/mol. The maximum absolute atomic E-state index is 13.6. The third-order valence-electron chi connectivity index (χ3n) is 4.43. The zero-order valence-corrected chi connectivity index (χ0v) is 13.7. The third kappa shape index (κ3) is 4.44. The standard InChI is InChI=1S/C18H29FN2/c1-14(2)10-11-21(17-6-4-5-7-17)18-9-8-16(19)12-15(18)13-20-3/h8-9,12,14,17,20H,4-7,10-11,13H2,1-3H3. The van der Waals surface area contributed by atoms with Gasteiger partial charge in [-0.3, -0.25) is 0 Å². The van der Waals surface area contributed by atoms with Crippen LogP contribution in [0.3, 0.4) is 0 Å². The first-order valence-electron chi connectivity index (χ1n) is 8.31. The van der Waals surface area contributed by atoms with Crippen molar-refractivity contribution in [3.8, 4) is 0 Å². The normalized spacial score (nSPS) is 15.9. The number of halogens is 1. The molecule has 0 atom stereocenters. The zero-order chi connectivity index (χ0) is 15.2. The molecule has 0 unspecified atom stereocenters. The molecule has 3 heteroatoms. The Morgan fingerprint density at radius 3 is 2.62 bits per heavy atom. The highest BCUT2D eigenvalue weighted by Crippen LogP contribution is 2.31. The Balaban J connectivity index is 2.25. The summed E-state index contributed by atoms with van der Waals surface area (Å²) in [4.78, 5) is 2.54. The molecule has 1 aromatic rings. The number of hydrogen-bond donors (Lipinski definition) is 1. The first-order chi connectivity index (χ1) is 10.1. The van der Waals surface area contributed by atoms with Gasteiger partial charge in [0.2, 0.25) is 0 Å². The van der Waals surface area contributed by atoms with Crippen molar-refractivity contribution in [3.63, 3.8) is 0 Å². The Morgan fingerprint density at radius 2 is 2.00 bits per heavy atom. The highest BCUT2D eigenvalue weighted by molar-refractivity contribution is 5.55. The van der Waals surface area contributed by atoms with Crippen molar-refractivity contribution < 1.29 is 4.39 Å². The molecule has 0 radical (unpaired) electrons. The van der Waals surface area contributed by atoms with Gasteiger partial charge in [0, 0.05) is 24.8 Å². The Kier molecular flexibility index (Phi) is 6.04. The average molecular weight is 292 g/mol. The number of rotatable bonds is 7. The quantitative estimate of drug-likeness (QED) is 0.804. The number of anilines is 1. The first kappa shape index (κ1) is 16.3. The molecule has 0 amide bonds. The van der Waals surface area contributed by atoms with Crippen LogP contribution in [0.5, 0.6) is 0 Å². The van der Waals surface area contributed by atoms with Crippen LogP contribution in [0.1, 0.15) is 51.5 Å². The second-order valence-corrected chi connectivity index (χ2v) is 6.62. The van der Waals surface area contributed by atoms with Gasteiger partial charge in [-0.25, -0.2) is 4.39 Å². The molecular formula is C18H29FN2. The predicted octanol–water partition coefficient (Wildman–Crippen LogP) is 4.34. The molecule has 1 aliphatic rings. The van der Waals surface area contributed by atoms with Crippen LogP contribution in [-0.2, 0) is 6.54 Å². The molecule has 1 fully saturated rings. The van der Waals surface area contributed by atoms with Crippen molar-refractivity contribution in [2.75, 3.05) is 18.5 Å². The Bertz CT molecular complexity index is 439. The van der Waals surface area contributed by atoms with E-state index in [4.69, 9.17) is 0 Å². The van der Waals surface area contributed by atoms with Crippen LogP contribution < -0.4 is 10.2 Å². The van der Waals surface area contributed by atoms with Crippen LogP contribution >= 0.6 is 0 Å². The van der Waals surface area contributed by atoms with Crippen LogP contribution in [0.4, 0.5) is 10.1 Å². The van der Waals surface area contributed by atoms with E-state index in [1.807, 2.05) is 13.1 Å². The molecule has 0 aliphatic heterocycles. The van der Waals surface area contributed by atoms with Crippen LogP contribution in [-0.4, -0.2) is 19.6 Å². The van der Waals surface area contributed by atoms with E-state index in [2.05, 4.69) is 24.1 Å². The maximum Gasteiger partial charge on any atom is 0.123 e. The summed E-state index contributed by atoms with van der Waals surface area (Å²) in [6.45, 7) is 6.33. The second kappa shape index (κ2) is 7.79. The van der Waals surface area contributed by atoms with Crippen molar-refractivity contribution in [2.45, 2.75) is 58.5 Å². The molecule has 1 aliphatic carbocycles. The molecule has 0 aromatic heterocycles. The Hall–Kier alpha value is -1.09. The topological polar surface area (TPSA) is 15.3 Å². The first-order valence-corrected chi connectivity index (χ1v) is 8.31. The SMILES string of the molecule is CNCc1cc(F)ccc1N(CCC(C)C)C1CCCC1. The number of hydrogen-bond acceptors (Lipinski definition) is 2. The van der Waals surface area contributed by atoms with Gasteiger partial charge >= 0.3 is 0 Å². The molecule has 2 nitrogen and oxygen atoms in total. The Morgan fingerprint density at radius 1 is 1.29 bits per heavy atom. The number of benzene rings is 1. The summed E-state index contributed by atoms with van der Waals surface area (Å²) >= 11 is 0.